The zero-order chi connectivity index (χ0) is 15.5. The van der Waals surface area contributed by atoms with Gasteiger partial charge in [0.15, 0.2) is 0 Å². The molecule has 2 aromatic carbocycles. The van der Waals surface area contributed by atoms with Crippen molar-refractivity contribution < 1.29 is 4.79 Å². The van der Waals surface area contributed by atoms with Crippen LogP contribution in [-0.4, -0.2) is 11.7 Å². The van der Waals surface area contributed by atoms with Crippen molar-refractivity contribution in [2.45, 2.75) is 0 Å². The quantitative estimate of drug-likeness (QED) is 0.656. The zero-order valence-corrected chi connectivity index (χ0v) is 11.6. The fourth-order valence-corrected chi connectivity index (χ4v) is 2.27. The van der Waals surface area contributed by atoms with Gasteiger partial charge in [0.2, 0.25) is 0 Å². The molecule has 1 aliphatic heterocycles. The summed E-state index contributed by atoms with van der Waals surface area (Å²) in [6.07, 6.45) is 0. The van der Waals surface area contributed by atoms with Crippen LogP contribution < -0.4 is 11.1 Å². The number of rotatable bonds is 2. The van der Waals surface area contributed by atoms with Gasteiger partial charge in [-0.1, -0.05) is 42.5 Å². The Morgan fingerprint density at radius 2 is 1.68 bits per heavy atom. The predicted octanol–water partition coefficient (Wildman–Crippen LogP) is 2.28. The maximum absolute atomic E-state index is 12.3. The minimum atomic E-state index is -0.503. The number of hydrogen-bond acceptors (Lipinski definition) is 4. The van der Waals surface area contributed by atoms with Crippen LogP contribution in [0.2, 0.25) is 0 Å². The highest BCUT2D eigenvalue weighted by molar-refractivity contribution is 6.17. The normalized spacial score (nSPS) is 14.6. The van der Waals surface area contributed by atoms with E-state index in [9.17, 15) is 10.1 Å². The van der Waals surface area contributed by atoms with Gasteiger partial charge in [0.25, 0.3) is 5.91 Å². The summed E-state index contributed by atoms with van der Waals surface area (Å²) >= 11 is 0. The van der Waals surface area contributed by atoms with Crippen LogP contribution in [0.5, 0.6) is 0 Å². The molecular weight excluding hydrogens is 276 g/mol. The van der Waals surface area contributed by atoms with E-state index in [-0.39, 0.29) is 5.57 Å². The molecule has 0 atom stereocenters. The van der Waals surface area contributed by atoms with E-state index in [0.717, 1.165) is 5.56 Å². The molecule has 0 aliphatic carbocycles. The first-order valence-corrected chi connectivity index (χ1v) is 6.65. The fraction of sp³-hybridized carbons (Fsp3) is 0. The number of fused-ring (bicyclic) bond motifs is 1. The monoisotopic (exact) mass is 288 g/mol. The Balaban J connectivity index is 2.02. The van der Waals surface area contributed by atoms with Gasteiger partial charge in [-0.3, -0.25) is 4.79 Å². The third kappa shape index (κ3) is 2.34. The van der Waals surface area contributed by atoms with Gasteiger partial charge >= 0.3 is 0 Å². The minimum absolute atomic E-state index is 0.0586. The van der Waals surface area contributed by atoms with E-state index < -0.39 is 5.91 Å². The number of nitrogens with zero attached hydrogens (tertiary/aromatic N) is 2. The first kappa shape index (κ1) is 13.6. The molecular formula is C17H12N4O. The second-order valence-electron chi connectivity index (χ2n) is 4.70. The van der Waals surface area contributed by atoms with E-state index in [1.165, 1.54) is 0 Å². The van der Waals surface area contributed by atoms with Crippen molar-refractivity contribution in [2.24, 2.45) is 10.7 Å². The fourth-order valence-electron chi connectivity index (χ4n) is 2.27. The Kier molecular flexibility index (Phi) is 3.42. The third-order valence-corrected chi connectivity index (χ3v) is 3.30. The molecule has 0 fully saturated rings. The van der Waals surface area contributed by atoms with E-state index in [1.54, 1.807) is 30.3 Å². The number of hydrogen-bond donors (Lipinski definition) is 2. The first-order valence-electron chi connectivity index (χ1n) is 6.65. The van der Waals surface area contributed by atoms with Gasteiger partial charge in [-0.15, -0.1) is 0 Å². The van der Waals surface area contributed by atoms with E-state index in [2.05, 4.69) is 10.3 Å². The largest absolute Gasteiger partial charge is 0.383 e. The average molecular weight is 288 g/mol. The predicted molar refractivity (Wildman–Crippen MR) is 84.8 cm³/mol. The lowest BCUT2D eigenvalue weighted by molar-refractivity contribution is -0.112. The summed E-state index contributed by atoms with van der Waals surface area (Å²) < 4.78 is 0. The lowest BCUT2D eigenvalue weighted by Crippen LogP contribution is -2.14. The summed E-state index contributed by atoms with van der Waals surface area (Å²) in [5.41, 5.74) is 8.15. The zero-order valence-electron chi connectivity index (χ0n) is 11.6. The van der Waals surface area contributed by atoms with Crippen LogP contribution in [0.1, 0.15) is 11.1 Å². The Labute approximate surface area is 127 Å². The molecule has 0 spiro atoms. The summed E-state index contributed by atoms with van der Waals surface area (Å²) in [5.74, 6) is -0.192. The van der Waals surface area contributed by atoms with Crippen molar-refractivity contribution in [3.05, 3.63) is 71.3 Å². The van der Waals surface area contributed by atoms with Crippen LogP contribution >= 0.6 is 0 Å². The summed E-state index contributed by atoms with van der Waals surface area (Å²) in [6, 6.07) is 18.1. The third-order valence-electron chi connectivity index (χ3n) is 3.30. The van der Waals surface area contributed by atoms with E-state index in [1.807, 2.05) is 30.3 Å². The number of para-hydroxylation sites is 1. The van der Waals surface area contributed by atoms with Gasteiger partial charge in [0.05, 0.1) is 5.70 Å². The Morgan fingerprint density at radius 1 is 1.05 bits per heavy atom. The van der Waals surface area contributed by atoms with Crippen LogP contribution in [0.15, 0.2) is 65.2 Å². The molecule has 0 aromatic heterocycles. The van der Waals surface area contributed by atoms with Crippen molar-refractivity contribution in [3.8, 4) is 6.07 Å². The number of carbonyl (C=O) groups is 1. The molecule has 5 nitrogen and oxygen atoms in total. The number of nitrogens with two attached hydrogens (primary N) is 1. The maximum Gasteiger partial charge on any atom is 0.268 e. The van der Waals surface area contributed by atoms with Gasteiger partial charge < -0.3 is 11.1 Å². The second kappa shape index (κ2) is 5.54. The number of nitrogens with one attached hydrogen (secondary N) is 1. The molecule has 1 heterocycles. The molecule has 5 heteroatoms. The van der Waals surface area contributed by atoms with Gasteiger partial charge in [-0.2, -0.15) is 5.26 Å². The van der Waals surface area contributed by atoms with Gasteiger partial charge in [0, 0.05) is 16.8 Å². The van der Waals surface area contributed by atoms with Gasteiger partial charge in [0.1, 0.15) is 17.5 Å². The second-order valence-corrected chi connectivity index (χ2v) is 4.70. The van der Waals surface area contributed by atoms with Crippen molar-refractivity contribution in [2.75, 3.05) is 5.32 Å². The van der Waals surface area contributed by atoms with E-state index >= 15 is 0 Å². The number of nitriles is 1. The van der Waals surface area contributed by atoms with E-state index in [4.69, 9.17) is 5.73 Å². The molecule has 0 unspecified atom stereocenters. The van der Waals surface area contributed by atoms with Crippen LogP contribution in [0, 0.1) is 11.3 Å². The minimum Gasteiger partial charge on any atom is -0.383 e. The van der Waals surface area contributed by atoms with Crippen molar-refractivity contribution in [3.63, 3.8) is 0 Å². The highest BCUT2D eigenvalue weighted by atomic mass is 16.1. The van der Waals surface area contributed by atoms with Crippen LogP contribution in [0.25, 0.3) is 5.70 Å². The number of anilines is 1. The topological polar surface area (TPSA) is 91.3 Å². The number of amides is 1. The van der Waals surface area contributed by atoms with Crippen molar-refractivity contribution >= 4 is 23.1 Å². The molecule has 0 saturated carbocycles. The number of amidine groups is 1. The SMILES string of the molecule is N#C/C(C(=O)Nc1ccccc1)=C1/N=C(N)c2ccccc21. The summed E-state index contributed by atoms with van der Waals surface area (Å²) in [4.78, 5) is 16.5. The molecule has 106 valence electrons. The molecule has 3 rings (SSSR count). The molecule has 0 bridgehead atoms. The maximum atomic E-state index is 12.3. The number of carbonyl (C=O) groups excluding carboxylic acids is 1. The Bertz CT molecular complexity index is 844. The van der Waals surface area contributed by atoms with Gasteiger partial charge in [-0.05, 0) is 12.1 Å². The molecule has 0 saturated heterocycles. The smallest absolute Gasteiger partial charge is 0.268 e. The Hall–Kier alpha value is -3.39. The molecule has 0 radical (unpaired) electrons. The van der Waals surface area contributed by atoms with Crippen LogP contribution in [0.3, 0.4) is 0 Å². The summed E-state index contributed by atoms with van der Waals surface area (Å²) in [5, 5.41) is 12.1. The van der Waals surface area contributed by atoms with Crippen LogP contribution in [-0.2, 0) is 4.79 Å². The molecule has 1 aliphatic rings. The van der Waals surface area contributed by atoms with Gasteiger partial charge in [-0.25, -0.2) is 4.99 Å². The number of aliphatic imine (C=N–C) groups is 1. The molecule has 22 heavy (non-hydrogen) atoms. The Morgan fingerprint density at radius 3 is 2.36 bits per heavy atom. The number of benzene rings is 2. The lowest BCUT2D eigenvalue weighted by atomic mass is 10.0. The summed E-state index contributed by atoms with van der Waals surface area (Å²) in [6.45, 7) is 0. The van der Waals surface area contributed by atoms with Crippen molar-refractivity contribution in [1.82, 2.24) is 0 Å². The first-order chi connectivity index (χ1) is 10.7. The highest BCUT2D eigenvalue weighted by Crippen LogP contribution is 2.30. The molecule has 3 N–H and O–H groups in total. The lowest BCUT2D eigenvalue weighted by Gasteiger charge is -2.06. The van der Waals surface area contributed by atoms with Crippen molar-refractivity contribution in [1.29, 1.82) is 5.26 Å². The van der Waals surface area contributed by atoms with E-state index in [0.29, 0.717) is 22.8 Å². The molecule has 1 amide bonds. The highest BCUT2D eigenvalue weighted by Gasteiger charge is 2.24. The molecule has 2 aromatic rings. The van der Waals surface area contributed by atoms with Crippen LogP contribution in [0.4, 0.5) is 5.69 Å². The summed E-state index contributed by atoms with van der Waals surface area (Å²) in [7, 11) is 0. The average Bonchev–Trinajstić information content (AvgIpc) is 2.87. The standard InChI is InChI=1S/C17H12N4O/c18-10-14(17(22)20-11-6-2-1-3-7-11)15-12-8-4-5-9-13(12)16(19)21-15/h1-9H,(H2,19,21)(H,20,22)/b15-14-.